The topological polar surface area (TPSA) is 138 Å². The molecule has 2 unspecified atom stereocenters. The van der Waals surface area contributed by atoms with Gasteiger partial charge in [0.2, 0.25) is 0 Å². The van der Waals surface area contributed by atoms with Gasteiger partial charge in [-0.15, -0.1) is 0 Å². The molecule has 1 aromatic carbocycles. The third-order valence-electron chi connectivity index (χ3n) is 3.27. The molecule has 122 valence electrons. The average Bonchev–Trinajstić information content (AvgIpc) is 2.37. The van der Waals surface area contributed by atoms with Gasteiger partial charge < -0.3 is 20.6 Å². The van der Waals surface area contributed by atoms with Crippen LogP contribution < -0.4 is 5.73 Å². The van der Waals surface area contributed by atoms with Crippen molar-refractivity contribution in [3.8, 4) is 0 Å². The zero-order valence-electron chi connectivity index (χ0n) is 12.2. The minimum atomic E-state index is -4.41. The van der Waals surface area contributed by atoms with Crippen molar-refractivity contribution in [2.45, 2.75) is 25.3 Å². The van der Waals surface area contributed by atoms with Gasteiger partial charge in [0.25, 0.3) is 0 Å². The molecule has 0 fully saturated rings. The van der Waals surface area contributed by atoms with Crippen molar-refractivity contribution in [1.82, 2.24) is 0 Å². The third kappa shape index (κ3) is 6.07. The van der Waals surface area contributed by atoms with Crippen molar-refractivity contribution in [3.63, 3.8) is 0 Å². The normalized spacial score (nSPS) is 15.8. The van der Waals surface area contributed by atoms with E-state index in [4.69, 9.17) is 20.6 Å². The smallest absolute Gasteiger partial charge is 0.326 e. The lowest BCUT2D eigenvalue weighted by Crippen LogP contribution is -2.47. The van der Waals surface area contributed by atoms with Gasteiger partial charge in [-0.3, -0.25) is 14.2 Å². The monoisotopic (exact) mass is 329 g/mol. The molecule has 0 aliphatic rings. The molecular formula is C14H20NO6P. The van der Waals surface area contributed by atoms with Gasteiger partial charge in [-0.25, -0.2) is 0 Å². The van der Waals surface area contributed by atoms with Gasteiger partial charge in [0, 0.05) is 12.3 Å². The molecule has 0 aliphatic heterocycles. The number of Topliss-reactive ketones (excluding diaryl/α,β-unsaturated/α-hetero) is 1. The molecule has 1 rings (SSSR count). The molecular weight excluding hydrogens is 309 g/mol. The number of hydrogen-bond acceptors (Lipinski definition) is 4. The van der Waals surface area contributed by atoms with Gasteiger partial charge in [0.1, 0.15) is 11.3 Å². The van der Waals surface area contributed by atoms with Crippen molar-refractivity contribution >= 4 is 19.3 Å². The summed E-state index contributed by atoms with van der Waals surface area (Å²) in [5, 5.41) is 8.96. The maximum Gasteiger partial charge on any atom is 0.326 e. The molecule has 22 heavy (non-hydrogen) atoms. The van der Waals surface area contributed by atoms with Crippen molar-refractivity contribution in [3.05, 3.63) is 35.9 Å². The van der Waals surface area contributed by atoms with E-state index in [2.05, 4.69) is 0 Å². The first-order valence-electron chi connectivity index (χ1n) is 6.65. The fourth-order valence-corrected chi connectivity index (χ4v) is 2.95. The van der Waals surface area contributed by atoms with Crippen LogP contribution in [-0.4, -0.2) is 38.3 Å². The van der Waals surface area contributed by atoms with E-state index in [-0.39, 0.29) is 6.42 Å². The second-order valence-electron chi connectivity index (χ2n) is 5.60. The Kier molecular flexibility index (Phi) is 6.02. The van der Waals surface area contributed by atoms with E-state index in [9.17, 15) is 14.2 Å². The number of carbonyl (C=O) groups excluding carboxylic acids is 1. The quantitative estimate of drug-likeness (QED) is 0.517. The molecule has 0 saturated heterocycles. The van der Waals surface area contributed by atoms with Crippen molar-refractivity contribution in [1.29, 1.82) is 0 Å². The molecule has 0 amide bonds. The number of rotatable bonds is 8. The number of carbonyl (C=O) groups is 2. The lowest BCUT2D eigenvalue weighted by atomic mass is 9.88. The first-order valence-corrected chi connectivity index (χ1v) is 8.44. The van der Waals surface area contributed by atoms with Gasteiger partial charge in [-0.05, 0) is 18.9 Å². The Morgan fingerprint density at radius 1 is 1.27 bits per heavy atom. The Labute approximate surface area is 128 Å². The predicted molar refractivity (Wildman–Crippen MR) is 80.4 cm³/mol. The molecule has 1 aromatic rings. The second-order valence-corrected chi connectivity index (χ2v) is 7.29. The Hall–Kier alpha value is -1.53. The molecule has 7 nitrogen and oxygen atoms in total. The third-order valence-corrected chi connectivity index (χ3v) is 4.18. The lowest BCUT2D eigenvalue weighted by Gasteiger charge is -2.22. The molecule has 0 spiro atoms. The highest BCUT2D eigenvalue weighted by molar-refractivity contribution is 7.51. The van der Waals surface area contributed by atoms with Crippen molar-refractivity contribution in [2.75, 3.05) is 6.16 Å². The average molecular weight is 329 g/mol. The van der Waals surface area contributed by atoms with E-state index in [0.29, 0.717) is 0 Å². The summed E-state index contributed by atoms with van der Waals surface area (Å²) < 4.78 is 11.2. The first-order chi connectivity index (χ1) is 10.0. The number of carboxylic acids is 1. The summed E-state index contributed by atoms with van der Waals surface area (Å²) in [5.41, 5.74) is 4.52. The summed E-state index contributed by atoms with van der Waals surface area (Å²) in [6.07, 6.45) is -0.989. The Bertz CT molecular complexity index is 580. The summed E-state index contributed by atoms with van der Waals surface area (Å²) in [6.45, 7) is 1.20. The first kappa shape index (κ1) is 18.5. The number of carboxylic acid groups (broad SMARTS) is 1. The van der Waals surface area contributed by atoms with E-state index in [1.165, 1.54) is 6.92 Å². The van der Waals surface area contributed by atoms with Gasteiger partial charge in [-0.1, -0.05) is 30.3 Å². The zero-order valence-corrected chi connectivity index (χ0v) is 13.1. The number of ketones is 1. The summed E-state index contributed by atoms with van der Waals surface area (Å²) in [4.78, 5) is 41.5. The minimum absolute atomic E-state index is 0.125. The Balaban J connectivity index is 2.92. The fraction of sp³-hybridized carbons (Fsp3) is 0.429. The summed E-state index contributed by atoms with van der Waals surface area (Å²) in [6, 6.07) is 8.75. The summed E-state index contributed by atoms with van der Waals surface area (Å²) in [7, 11) is -4.41. The van der Waals surface area contributed by atoms with E-state index in [1.807, 2.05) is 0 Å². The van der Waals surface area contributed by atoms with E-state index in [1.54, 1.807) is 30.3 Å². The molecule has 0 saturated carbocycles. The molecule has 0 heterocycles. The minimum Gasteiger partial charge on any atom is -0.480 e. The van der Waals surface area contributed by atoms with Crippen LogP contribution in [0.1, 0.15) is 18.9 Å². The number of benzene rings is 1. The highest BCUT2D eigenvalue weighted by Gasteiger charge is 2.35. The Morgan fingerprint density at radius 3 is 2.27 bits per heavy atom. The lowest BCUT2D eigenvalue weighted by molar-refractivity contribution is -0.145. The largest absolute Gasteiger partial charge is 0.480 e. The number of hydrogen-bond donors (Lipinski definition) is 4. The zero-order chi connectivity index (χ0) is 17.0. The maximum absolute atomic E-state index is 12.3. The van der Waals surface area contributed by atoms with Gasteiger partial charge in [0.05, 0.1) is 6.16 Å². The van der Waals surface area contributed by atoms with Crippen LogP contribution >= 0.6 is 7.60 Å². The van der Waals surface area contributed by atoms with Crippen LogP contribution in [0.2, 0.25) is 0 Å². The standard InChI is InChI=1S/C14H20NO6P/c1-14(15,13(17)18)8-12(16)11(9-22(19,20)21)7-10-5-3-2-4-6-10/h2-6,11H,7-9,15H2,1H3,(H,17,18)(H2,19,20,21). The molecule has 0 aliphatic carbocycles. The Morgan fingerprint density at radius 2 is 1.82 bits per heavy atom. The summed E-state index contributed by atoms with van der Waals surface area (Å²) >= 11 is 0. The molecule has 0 radical (unpaired) electrons. The molecule has 2 atom stereocenters. The predicted octanol–water partition coefficient (Wildman–Crippen LogP) is 0.784. The fourth-order valence-electron chi connectivity index (χ4n) is 2.05. The van der Waals surface area contributed by atoms with Crippen LogP contribution in [0, 0.1) is 5.92 Å². The SMILES string of the molecule is CC(N)(CC(=O)C(Cc1ccccc1)CP(=O)(O)O)C(=O)O. The van der Waals surface area contributed by atoms with Crippen LogP contribution in [-0.2, 0) is 20.6 Å². The van der Waals surface area contributed by atoms with Crippen LogP contribution in [0.15, 0.2) is 30.3 Å². The summed E-state index contributed by atoms with van der Waals surface area (Å²) in [5.74, 6) is -2.89. The van der Waals surface area contributed by atoms with E-state index >= 15 is 0 Å². The molecule has 0 bridgehead atoms. The highest BCUT2D eigenvalue weighted by Crippen LogP contribution is 2.38. The van der Waals surface area contributed by atoms with Crippen molar-refractivity contribution in [2.24, 2.45) is 11.7 Å². The van der Waals surface area contributed by atoms with E-state index < -0.39 is 43.4 Å². The highest BCUT2D eigenvalue weighted by atomic mass is 31.2. The van der Waals surface area contributed by atoms with Crippen LogP contribution in [0.25, 0.3) is 0 Å². The van der Waals surface area contributed by atoms with Crippen molar-refractivity contribution < 1.29 is 29.0 Å². The number of nitrogens with two attached hydrogens (primary N) is 1. The van der Waals surface area contributed by atoms with Gasteiger partial charge in [-0.2, -0.15) is 0 Å². The molecule has 0 aromatic heterocycles. The van der Waals surface area contributed by atoms with Crippen LogP contribution in [0.3, 0.4) is 0 Å². The second kappa shape index (κ2) is 7.15. The van der Waals surface area contributed by atoms with Gasteiger partial charge in [0.15, 0.2) is 0 Å². The van der Waals surface area contributed by atoms with Crippen LogP contribution in [0.5, 0.6) is 0 Å². The van der Waals surface area contributed by atoms with E-state index in [0.717, 1.165) is 5.56 Å². The maximum atomic E-state index is 12.3. The van der Waals surface area contributed by atoms with Crippen LogP contribution in [0.4, 0.5) is 0 Å². The molecule has 8 heteroatoms. The molecule has 5 N–H and O–H groups in total. The number of aliphatic carboxylic acids is 1. The van der Waals surface area contributed by atoms with Gasteiger partial charge >= 0.3 is 13.6 Å².